The lowest BCUT2D eigenvalue weighted by molar-refractivity contribution is -0.196. The fourth-order valence-electron chi connectivity index (χ4n) is 4.64. The van der Waals surface area contributed by atoms with Crippen molar-refractivity contribution in [2.45, 2.75) is 80.5 Å². The van der Waals surface area contributed by atoms with Crippen molar-refractivity contribution < 1.29 is 59.6 Å². The summed E-state index contributed by atoms with van der Waals surface area (Å²) in [6, 6.07) is -0.0993. The molecule has 11 atom stereocenters. The molecule has 0 bridgehead atoms. The molecule has 0 aliphatic carbocycles. The van der Waals surface area contributed by atoms with Crippen LogP contribution < -0.4 is 27.2 Å². The number of carbonyl (C=O) groups excluding carboxylic acids is 3. The summed E-state index contributed by atoms with van der Waals surface area (Å²) in [5.74, 6) is -2.95. The SMILES string of the molecule is CC(=O)N[C@H]1C(CCNC(=O)[C@H](O)[C@@H](O)C(=O)NC[C@H]2O[C@@H](n3ccc(=O)[nH]c3=O)[C@H](O)[C@@H]2O)O[C@H](CO)[C@@H](O)[C@@H]1O. The number of hydrogen-bond donors (Lipinski definition) is 11. The number of ether oxygens (including phenoxy) is 2. The summed E-state index contributed by atoms with van der Waals surface area (Å²) in [6.45, 7) is -0.215. The van der Waals surface area contributed by atoms with Gasteiger partial charge in [0.25, 0.3) is 17.4 Å². The number of rotatable bonds is 11. The molecule has 1 aromatic rings. The van der Waals surface area contributed by atoms with E-state index >= 15 is 0 Å². The number of aromatic amines is 1. The van der Waals surface area contributed by atoms with Crippen molar-refractivity contribution in [2.75, 3.05) is 19.7 Å². The number of hydrogen-bond acceptors (Lipinski definition) is 14. The average Bonchev–Trinajstić information content (AvgIpc) is 3.22. The Balaban J connectivity index is 1.50. The van der Waals surface area contributed by atoms with E-state index in [9.17, 15) is 59.7 Å². The summed E-state index contributed by atoms with van der Waals surface area (Å²) < 4.78 is 11.8. The molecule has 2 fully saturated rings. The van der Waals surface area contributed by atoms with Gasteiger partial charge in [0.05, 0.1) is 18.8 Å². The van der Waals surface area contributed by atoms with Crippen LogP contribution in [0.2, 0.25) is 0 Å². The van der Waals surface area contributed by atoms with Crippen LogP contribution >= 0.6 is 0 Å². The van der Waals surface area contributed by atoms with Crippen molar-refractivity contribution >= 4 is 17.7 Å². The third-order valence-corrected chi connectivity index (χ3v) is 6.90. The van der Waals surface area contributed by atoms with Crippen molar-refractivity contribution in [1.29, 1.82) is 0 Å². The first kappa shape index (κ1) is 33.2. The number of aliphatic hydroxyl groups is 7. The Labute approximate surface area is 236 Å². The van der Waals surface area contributed by atoms with Gasteiger partial charge in [-0.3, -0.25) is 28.7 Å². The van der Waals surface area contributed by atoms with Gasteiger partial charge in [0, 0.05) is 32.3 Å². The van der Waals surface area contributed by atoms with Crippen LogP contribution in [0.1, 0.15) is 19.6 Å². The van der Waals surface area contributed by atoms with E-state index in [4.69, 9.17) is 9.47 Å². The zero-order valence-corrected chi connectivity index (χ0v) is 22.3. The van der Waals surface area contributed by atoms with E-state index in [1.54, 1.807) is 0 Å². The number of amides is 3. The molecule has 0 radical (unpaired) electrons. The van der Waals surface area contributed by atoms with E-state index in [0.29, 0.717) is 0 Å². The van der Waals surface area contributed by atoms with Gasteiger partial charge in [0.2, 0.25) is 5.91 Å². The minimum absolute atomic E-state index is 0.0786. The Hall–Kier alpha value is -3.27. The predicted octanol–water partition coefficient (Wildman–Crippen LogP) is -7.51. The smallest absolute Gasteiger partial charge is 0.330 e. The molecule has 0 spiro atoms. The second-order valence-corrected chi connectivity index (χ2v) is 9.88. The maximum atomic E-state index is 12.3. The lowest BCUT2D eigenvalue weighted by Crippen LogP contribution is -2.64. The Morgan fingerprint density at radius 2 is 1.55 bits per heavy atom. The zero-order chi connectivity index (χ0) is 31.3. The van der Waals surface area contributed by atoms with Crippen molar-refractivity contribution in [1.82, 2.24) is 25.5 Å². The van der Waals surface area contributed by atoms with Crippen molar-refractivity contribution in [2.24, 2.45) is 0 Å². The third kappa shape index (κ3) is 7.56. The zero-order valence-electron chi connectivity index (χ0n) is 22.3. The van der Waals surface area contributed by atoms with Gasteiger partial charge in [0.15, 0.2) is 18.4 Å². The minimum atomic E-state index is -2.28. The lowest BCUT2D eigenvalue weighted by atomic mass is 9.91. The van der Waals surface area contributed by atoms with Gasteiger partial charge in [-0.2, -0.15) is 0 Å². The normalized spacial score (nSPS) is 32.5. The number of H-pyrrole nitrogens is 1. The van der Waals surface area contributed by atoms with Crippen molar-refractivity contribution in [3.05, 3.63) is 33.1 Å². The highest BCUT2D eigenvalue weighted by Crippen LogP contribution is 2.28. The highest BCUT2D eigenvalue weighted by Gasteiger charge is 2.45. The largest absolute Gasteiger partial charge is 0.394 e. The summed E-state index contributed by atoms with van der Waals surface area (Å²) in [7, 11) is 0. The minimum Gasteiger partial charge on any atom is -0.394 e. The van der Waals surface area contributed by atoms with Crippen LogP contribution in [0.3, 0.4) is 0 Å². The van der Waals surface area contributed by atoms with E-state index in [-0.39, 0.29) is 13.0 Å². The molecule has 0 saturated carbocycles. The second-order valence-electron chi connectivity index (χ2n) is 9.88. The van der Waals surface area contributed by atoms with E-state index in [0.717, 1.165) is 16.8 Å². The van der Waals surface area contributed by atoms with E-state index in [2.05, 4.69) is 16.0 Å². The number of aliphatic hydroxyl groups excluding tert-OH is 7. The Kier molecular flexibility index (Phi) is 11.3. The molecule has 2 saturated heterocycles. The summed E-state index contributed by atoms with van der Waals surface area (Å²) in [4.78, 5) is 61.4. The molecule has 3 heterocycles. The van der Waals surface area contributed by atoms with Gasteiger partial charge in [-0.1, -0.05) is 0 Å². The number of nitrogens with one attached hydrogen (secondary N) is 4. The molecule has 11 N–H and O–H groups in total. The van der Waals surface area contributed by atoms with Gasteiger partial charge in [-0.25, -0.2) is 4.79 Å². The van der Waals surface area contributed by atoms with Crippen molar-refractivity contribution in [3.8, 4) is 0 Å². The van der Waals surface area contributed by atoms with Crippen molar-refractivity contribution in [3.63, 3.8) is 0 Å². The molecule has 236 valence electrons. The highest BCUT2D eigenvalue weighted by atomic mass is 16.6. The molecule has 0 aromatic carbocycles. The standard InChI is InChI=1S/C23H35N5O14/c1-8(30)26-13-9(41-11(7-29)15(33)16(13)34)2-4-24-20(38)17(35)18(36)21(39)25-6-10-14(32)19(37)22(42-10)28-5-3-12(31)27-23(28)40/h3,5,9-11,13-19,22,29,32-37H,2,4,6-7H2,1H3,(H,24,38)(H,25,39)(H,26,30)(H,27,31,40)/t9?,10-,11-,13+,14-,15-,16-,17-,18-,19-,22-/m1/s1. The fourth-order valence-corrected chi connectivity index (χ4v) is 4.64. The molecule has 19 heteroatoms. The summed E-state index contributed by atoms with van der Waals surface area (Å²) in [5.41, 5.74) is -1.62. The second kappa shape index (κ2) is 14.3. The topological polar surface area (TPSA) is 302 Å². The molecule has 2 aliphatic rings. The molecule has 1 aromatic heterocycles. The van der Waals surface area contributed by atoms with E-state index in [1.165, 1.54) is 6.92 Å². The predicted molar refractivity (Wildman–Crippen MR) is 135 cm³/mol. The van der Waals surface area contributed by atoms with E-state index in [1.807, 2.05) is 4.98 Å². The van der Waals surface area contributed by atoms with Crippen LogP contribution in [0.25, 0.3) is 0 Å². The van der Waals surface area contributed by atoms with Gasteiger partial charge < -0.3 is 61.2 Å². The third-order valence-electron chi connectivity index (χ3n) is 6.90. The molecular weight excluding hydrogens is 570 g/mol. The van der Waals surface area contributed by atoms with Crippen LogP contribution in [0, 0.1) is 0 Å². The van der Waals surface area contributed by atoms with Crippen LogP contribution in [-0.4, -0.2) is 144 Å². The average molecular weight is 606 g/mol. The van der Waals surface area contributed by atoms with Gasteiger partial charge in [-0.05, 0) is 6.42 Å². The van der Waals surface area contributed by atoms with E-state index < -0.39 is 109 Å². The van der Waals surface area contributed by atoms with Crippen LogP contribution in [0.5, 0.6) is 0 Å². The quantitative estimate of drug-likeness (QED) is 0.112. The number of nitrogens with zero attached hydrogens (tertiary/aromatic N) is 1. The Morgan fingerprint density at radius 3 is 2.14 bits per heavy atom. The maximum absolute atomic E-state index is 12.3. The molecule has 3 amide bonds. The monoisotopic (exact) mass is 605 g/mol. The van der Waals surface area contributed by atoms with Crippen LogP contribution in [0.15, 0.2) is 21.9 Å². The first-order valence-electron chi connectivity index (χ1n) is 12.9. The molecule has 19 nitrogen and oxygen atoms in total. The molecule has 2 aliphatic heterocycles. The highest BCUT2D eigenvalue weighted by molar-refractivity contribution is 5.90. The van der Waals surface area contributed by atoms with Gasteiger partial charge in [-0.15, -0.1) is 0 Å². The van der Waals surface area contributed by atoms with Crippen LogP contribution in [0.4, 0.5) is 0 Å². The summed E-state index contributed by atoms with van der Waals surface area (Å²) in [6.07, 6.45) is -14.6. The number of carbonyl (C=O) groups is 3. The molecule has 3 rings (SSSR count). The Bertz CT molecular complexity index is 1220. The summed E-state index contributed by atoms with van der Waals surface area (Å²) in [5, 5.41) is 77.4. The van der Waals surface area contributed by atoms with Gasteiger partial charge in [0.1, 0.15) is 36.6 Å². The lowest BCUT2D eigenvalue weighted by Gasteiger charge is -2.42. The fraction of sp³-hybridized carbons (Fsp3) is 0.696. The summed E-state index contributed by atoms with van der Waals surface area (Å²) >= 11 is 0. The van der Waals surface area contributed by atoms with Gasteiger partial charge >= 0.3 is 5.69 Å². The molecule has 1 unspecified atom stereocenters. The molecule has 42 heavy (non-hydrogen) atoms. The Morgan fingerprint density at radius 1 is 0.929 bits per heavy atom. The number of aromatic nitrogens is 2. The maximum Gasteiger partial charge on any atom is 0.330 e. The first-order chi connectivity index (χ1) is 19.8. The first-order valence-corrected chi connectivity index (χ1v) is 12.9. The molecular formula is C23H35N5O14. The van der Waals surface area contributed by atoms with Crippen LogP contribution in [-0.2, 0) is 23.9 Å².